The molecule has 144 valence electrons. The Bertz CT molecular complexity index is 634. The van der Waals surface area contributed by atoms with Crippen molar-refractivity contribution in [1.29, 1.82) is 0 Å². The third-order valence-corrected chi connectivity index (χ3v) is 6.87. The first kappa shape index (κ1) is 18.0. The first-order chi connectivity index (χ1) is 12.6. The van der Waals surface area contributed by atoms with Crippen LogP contribution in [-0.4, -0.2) is 50.9 Å². The molecule has 4 rings (SSSR count). The largest absolute Gasteiger partial charge is 0.339 e. The molecule has 1 spiro atoms. The van der Waals surface area contributed by atoms with Gasteiger partial charge in [-0.3, -0.25) is 9.69 Å². The lowest BCUT2D eigenvalue weighted by Crippen LogP contribution is -2.56. The summed E-state index contributed by atoms with van der Waals surface area (Å²) in [5, 5.41) is 0. The molecule has 0 N–H and O–H groups in total. The van der Waals surface area contributed by atoms with E-state index < -0.39 is 0 Å². The van der Waals surface area contributed by atoms with Crippen molar-refractivity contribution in [2.24, 2.45) is 5.41 Å². The monoisotopic (exact) mass is 358 g/mol. The highest BCUT2D eigenvalue weighted by Gasteiger charge is 2.43. The average Bonchev–Trinajstić information content (AvgIpc) is 3.29. The zero-order valence-corrected chi connectivity index (χ0v) is 16.5. The minimum Gasteiger partial charge on any atom is -0.339 e. The van der Waals surface area contributed by atoms with Gasteiger partial charge in [0.1, 0.15) is 5.82 Å². The lowest BCUT2D eigenvalue weighted by molar-refractivity contribution is -0.142. The molecule has 2 aliphatic heterocycles. The van der Waals surface area contributed by atoms with Gasteiger partial charge in [0.15, 0.2) is 0 Å². The van der Waals surface area contributed by atoms with Crippen molar-refractivity contribution >= 4 is 5.91 Å². The molecule has 1 unspecified atom stereocenters. The van der Waals surface area contributed by atoms with E-state index in [4.69, 9.17) is 0 Å². The normalized spacial score (nSPS) is 28.6. The number of rotatable bonds is 4. The van der Waals surface area contributed by atoms with E-state index >= 15 is 0 Å². The summed E-state index contributed by atoms with van der Waals surface area (Å²) in [7, 11) is 0. The number of imidazole rings is 1. The minimum absolute atomic E-state index is 0.310. The quantitative estimate of drug-likeness (QED) is 0.826. The molecule has 1 aromatic heterocycles. The van der Waals surface area contributed by atoms with Gasteiger partial charge in [-0.25, -0.2) is 4.98 Å². The lowest BCUT2D eigenvalue weighted by atomic mass is 9.73. The summed E-state index contributed by atoms with van der Waals surface area (Å²) in [6, 6.07) is 0.978. The topological polar surface area (TPSA) is 41.4 Å². The van der Waals surface area contributed by atoms with Gasteiger partial charge in [-0.1, -0.05) is 12.8 Å². The summed E-state index contributed by atoms with van der Waals surface area (Å²) in [4.78, 5) is 22.0. The van der Waals surface area contributed by atoms with E-state index in [0.29, 0.717) is 23.4 Å². The Morgan fingerprint density at radius 3 is 2.77 bits per heavy atom. The van der Waals surface area contributed by atoms with Gasteiger partial charge in [-0.05, 0) is 52.5 Å². The van der Waals surface area contributed by atoms with Crippen LogP contribution in [0.2, 0.25) is 0 Å². The van der Waals surface area contributed by atoms with Gasteiger partial charge in [0.05, 0.1) is 6.54 Å². The SMILES string of the molecule is CC(C)n1ccnc1CN1CCCC2(CCC(=O)N(C3CCCC3)C2)C1. The zero-order chi connectivity index (χ0) is 18.1. The van der Waals surface area contributed by atoms with Gasteiger partial charge in [0, 0.05) is 49.4 Å². The van der Waals surface area contributed by atoms with E-state index in [1.54, 1.807) is 0 Å². The molecule has 1 atom stereocenters. The van der Waals surface area contributed by atoms with E-state index in [-0.39, 0.29) is 0 Å². The van der Waals surface area contributed by atoms with E-state index in [2.05, 4.69) is 39.4 Å². The molecule has 1 amide bonds. The van der Waals surface area contributed by atoms with Gasteiger partial charge in [-0.15, -0.1) is 0 Å². The molecule has 3 fully saturated rings. The Labute approximate surface area is 157 Å². The Morgan fingerprint density at radius 2 is 2.00 bits per heavy atom. The molecule has 5 heteroatoms. The minimum atomic E-state index is 0.310. The third-order valence-electron chi connectivity index (χ3n) is 6.87. The second-order valence-electron chi connectivity index (χ2n) is 9.12. The van der Waals surface area contributed by atoms with Crippen molar-refractivity contribution in [3.05, 3.63) is 18.2 Å². The van der Waals surface area contributed by atoms with Gasteiger partial charge in [-0.2, -0.15) is 0 Å². The number of carbonyl (C=O) groups excluding carboxylic acids is 1. The highest BCUT2D eigenvalue weighted by molar-refractivity contribution is 5.77. The van der Waals surface area contributed by atoms with Crippen LogP contribution < -0.4 is 0 Å². The summed E-state index contributed by atoms with van der Waals surface area (Å²) in [6.45, 7) is 8.64. The van der Waals surface area contributed by atoms with Crippen molar-refractivity contribution in [1.82, 2.24) is 19.4 Å². The highest BCUT2D eigenvalue weighted by Crippen LogP contribution is 2.41. The first-order valence-electron chi connectivity index (χ1n) is 10.6. The van der Waals surface area contributed by atoms with Crippen LogP contribution in [0.25, 0.3) is 0 Å². The standard InChI is InChI=1S/C21H34N4O/c1-17(2)24-13-11-22-19(24)14-23-12-5-9-21(15-23)10-8-20(26)25(16-21)18-6-3-4-7-18/h11,13,17-18H,3-10,12,14-16H2,1-2H3. The molecular formula is C21H34N4O. The fraction of sp³-hybridized carbons (Fsp3) is 0.810. The van der Waals surface area contributed by atoms with Crippen molar-refractivity contribution in [3.8, 4) is 0 Å². The maximum atomic E-state index is 12.6. The van der Waals surface area contributed by atoms with Crippen molar-refractivity contribution in [3.63, 3.8) is 0 Å². The number of piperidine rings is 2. The Morgan fingerprint density at radius 1 is 1.19 bits per heavy atom. The number of amides is 1. The molecule has 3 heterocycles. The number of aromatic nitrogens is 2. The lowest BCUT2D eigenvalue weighted by Gasteiger charge is -2.49. The molecule has 3 aliphatic rings. The summed E-state index contributed by atoms with van der Waals surface area (Å²) < 4.78 is 2.29. The molecule has 5 nitrogen and oxygen atoms in total. The van der Waals surface area contributed by atoms with Gasteiger partial charge >= 0.3 is 0 Å². The molecule has 1 saturated carbocycles. The molecule has 1 aliphatic carbocycles. The van der Waals surface area contributed by atoms with Crippen LogP contribution in [0.1, 0.15) is 77.1 Å². The average molecular weight is 359 g/mol. The molecule has 0 aromatic carbocycles. The van der Waals surface area contributed by atoms with Gasteiger partial charge in [0.2, 0.25) is 5.91 Å². The number of hydrogen-bond acceptors (Lipinski definition) is 3. The predicted molar refractivity (Wildman–Crippen MR) is 103 cm³/mol. The van der Waals surface area contributed by atoms with Crippen LogP contribution in [0.15, 0.2) is 12.4 Å². The van der Waals surface area contributed by atoms with Crippen LogP contribution in [0.4, 0.5) is 0 Å². The van der Waals surface area contributed by atoms with E-state index in [1.165, 1.54) is 44.3 Å². The van der Waals surface area contributed by atoms with E-state index in [0.717, 1.165) is 39.0 Å². The molecular weight excluding hydrogens is 324 g/mol. The van der Waals surface area contributed by atoms with Gasteiger partial charge in [0.25, 0.3) is 0 Å². The summed E-state index contributed by atoms with van der Waals surface area (Å²) in [6.07, 6.45) is 13.4. The second kappa shape index (κ2) is 7.34. The van der Waals surface area contributed by atoms with E-state index in [9.17, 15) is 4.79 Å². The fourth-order valence-electron chi connectivity index (χ4n) is 5.51. The van der Waals surface area contributed by atoms with Crippen LogP contribution in [0, 0.1) is 5.41 Å². The molecule has 26 heavy (non-hydrogen) atoms. The van der Waals surface area contributed by atoms with E-state index in [1.807, 2.05) is 6.20 Å². The Hall–Kier alpha value is -1.36. The summed E-state index contributed by atoms with van der Waals surface area (Å²) in [5.41, 5.74) is 0.310. The number of carbonyl (C=O) groups is 1. The molecule has 0 radical (unpaired) electrons. The third kappa shape index (κ3) is 3.55. The van der Waals surface area contributed by atoms with Crippen molar-refractivity contribution in [2.75, 3.05) is 19.6 Å². The van der Waals surface area contributed by atoms with Crippen molar-refractivity contribution in [2.45, 2.75) is 83.8 Å². The number of hydrogen-bond donors (Lipinski definition) is 0. The van der Waals surface area contributed by atoms with Gasteiger partial charge < -0.3 is 9.47 Å². The number of nitrogens with zero attached hydrogens (tertiary/aromatic N) is 4. The Balaban J connectivity index is 1.45. The number of likely N-dealkylation sites (tertiary alicyclic amines) is 2. The maximum Gasteiger partial charge on any atom is 0.222 e. The summed E-state index contributed by atoms with van der Waals surface area (Å²) >= 11 is 0. The van der Waals surface area contributed by atoms with Crippen LogP contribution in [0.3, 0.4) is 0 Å². The van der Waals surface area contributed by atoms with Crippen molar-refractivity contribution < 1.29 is 4.79 Å². The van der Waals surface area contributed by atoms with Crippen LogP contribution in [0.5, 0.6) is 0 Å². The predicted octanol–water partition coefficient (Wildman–Crippen LogP) is 3.61. The first-order valence-corrected chi connectivity index (χ1v) is 10.6. The second-order valence-corrected chi connectivity index (χ2v) is 9.12. The van der Waals surface area contributed by atoms with Crippen LogP contribution >= 0.6 is 0 Å². The zero-order valence-electron chi connectivity index (χ0n) is 16.5. The smallest absolute Gasteiger partial charge is 0.222 e. The Kier molecular flexibility index (Phi) is 5.09. The maximum absolute atomic E-state index is 12.6. The molecule has 2 saturated heterocycles. The fourth-order valence-corrected chi connectivity index (χ4v) is 5.51. The van der Waals surface area contributed by atoms with Crippen LogP contribution in [-0.2, 0) is 11.3 Å². The molecule has 1 aromatic rings. The summed E-state index contributed by atoms with van der Waals surface area (Å²) in [5.74, 6) is 1.59. The molecule has 0 bridgehead atoms. The highest BCUT2D eigenvalue weighted by atomic mass is 16.2.